The van der Waals surface area contributed by atoms with Crippen molar-refractivity contribution in [1.29, 1.82) is 0 Å². The summed E-state index contributed by atoms with van der Waals surface area (Å²) in [7, 11) is 0. The molecule has 3 aromatic rings. The molecule has 3 rings (SSSR count). The molecule has 0 fully saturated rings. The van der Waals surface area contributed by atoms with Crippen LogP contribution in [-0.2, 0) is 4.79 Å². The maximum Gasteiger partial charge on any atom is 0.277 e. The van der Waals surface area contributed by atoms with E-state index in [1.807, 2.05) is 0 Å². The van der Waals surface area contributed by atoms with Crippen molar-refractivity contribution < 1.29 is 13.6 Å². The third-order valence-corrected chi connectivity index (χ3v) is 4.51. The fourth-order valence-corrected chi connectivity index (χ4v) is 2.99. The van der Waals surface area contributed by atoms with Gasteiger partial charge in [0.15, 0.2) is 0 Å². The third-order valence-electron chi connectivity index (χ3n) is 3.06. The molecule has 1 heterocycles. The molecule has 1 N–H and O–H groups in total. The van der Waals surface area contributed by atoms with Crippen molar-refractivity contribution in [3.8, 4) is 11.5 Å². The maximum atomic E-state index is 13.7. The summed E-state index contributed by atoms with van der Waals surface area (Å²) in [5.74, 6) is -0.755. The summed E-state index contributed by atoms with van der Waals surface area (Å²) in [6.45, 7) is 0. The Morgan fingerprint density at radius 1 is 1.12 bits per heavy atom. The van der Waals surface area contributed by atoms with E-state index in [-0.39, 0.29) is 28.3 Å². The van der Waals surface area contributed by atoms with Gasteiger partial charge in [-0.05, 0) is 24.3 Å². The van der Waals surface area contributed by atoms with Gasteiger partial charge in [0.1, 0.15) is 5.82 Å². The van der Waals surface area contributed by atoms with Crippen LogP contribution in [0.3, 0.4) is 0 Å². The Kier molecular flexibility index (Phi) is 5.57. The molecule has 0 aliphatic heterocycles. The molecule has 0 unspecified atom stereocenters. The molecule has 1 aromatic heterocycles. The van der Waals surface area contributed by atoms with E-state index in [0.29, 0.717) is 15.7 Å². The van der Waals surface area contributed by atoms with Gasteiger partial charge >= 0.3 is 0 Å². The fraction of sp³-hybridized carbons (Fsp3) is 0.0625. The number of halogens is 3. The first kappa shape index (κ1) is 17.7. The van der Waals surface area contributed by atoms with E-state index >= 15 is 0 Å². The zero-order chi connectivity index (χ0) is 17.8. The normalized spacial score (nSPS) is 10.7. The molecule has 0 aliphatic carbocycles. The first-order valence-electron chi connectivity index (χ1n) is 6.99. The molecule has 0 spiro atoms. The topological polar surface area (TPSA) is 68.0 Å². The predicted molar refractivity (Wildman–Crippen MR) is 95.5 cm³/mol. The second kappa shape index (κ2) is 7.86. The van der Waals surface area contributed by atoms with E-state index in [0.717, 1.165) is 11.8 Å². The Balaban J connectivity index is 1.63. The Morgan fingerprint density at radius 2 is 1.84 bits per heavy atom. The highest BCUT2D eigenvalue weighted by molar-refractivity contribution is 7.99. The van der Waals surface area contributed by atoms with Gasteiger partial charge in [-0.15, -0.1) is 10.2 Å². The van der Waals surface area contributed by atoms with Crippen LogP contribution in [0.2, 0.25) is 10.0 Å². The van der Waals surface area contributed by atoms with Crippen LogP contribution in [0.4, 0.5) is 10.1 Å². The number of hydrogen-bond donors (Lipinski definition) is 1. The van der Waals surface area contributed by atoms with Crippen LogP contribution in [0.25, 0.3) is 11.5 Å². The van der Waals surface area contributed by atoms with Gasteiger partial charge in [-0.2, -0.15) is 0 Å². The van der Waals surface area contributed by atoms with Crippen LogP contribution in [0, 0.1) is 5.82 Å². The molecule has 25 heavy (non-hydrogen) atoms. The van der Waals surface area contributed by atoms with Crippen LogP contribution in [0.5, 0.6) is 0 Å². The zero-order valence-electron chi connectivity index (χ0n) is 12.5. The quantitative estimate of drug-likeness (QED) is 0.619. The van der Waals surface area contributed by atoms with E-state index in [4.69, 9.17) is 27.6 Å². The van der Waals surface area contributed by atoms with Crippen molar-refractivity contribution in [2.45, 2.75) is 5.22 Å². The Labute approximate surface area is 156 Å². The van der Waals surface area contributed by atoms with Crippen molar-refractivity contribution in [2.75, 3.05) is 11.1 Å². The average molecular weight is 398 g/mol. The van der Waals surface area contributed by atoms with Gasteiger partial charge in [0.25, 0.3) is 11.1 Å². The van der Waals surface area contributed by atoms with Crippen LogP contribution in [-0.4, -0.2) is 21.9 Å². The smallest absolute Gasteiger partial charge is 0.277 e. The number of aromatic nitrogens is 2. The summed E-state index contributed by atoms with van der Waals surface area (Å²) in [6, 6.07) is 11.0. The number of benzene rings is 2. The largest absolute Gasteiger partial charge is 0.411 e. The molecule has 0 saturated heterocycles. The summed E-state index contributed by atoms with van der Waals surface area (Å²) in [5, 5.41) is 11.0. The van der Waals surface area contributed by atoms with Crippen molar-refractivity contribution in [1.82, 2.24) is 10.2 Å². The predicted octanol–water partition coefficient (Wildman–Crippen LogP) is 4.91. The fourth-order valence-electron chi connectivity index (χ4n) is 1.93. The SMILES string of the molecule is O=C(CSc1nnc(-c2ccccc2F)o1)Nc1c(Cl)cccc1Cl. The first-order valence-corrected chi connectivity index (χ1v) is 8.74. The molecule has 2 aromatic carbocycles. The number of thioether (sulfide) groups is 1. The van der Waals surface area contributed by atoms with E-state index in [9.17, 15) is 9.18 Å². The van der Waals surface area contributed by atoms with Gasteiger partial charge in [-0.25, -0.2) is 4.39 Å². The van der Waals surface area contributed by atoms with E-state index < -0.39 is 5.82 Å². The maximum absolute atomic E-state index is 13.7. The molecular formula is C16H10Cl2FN3O2S. The van der Waals surface area contributed by atoms with Crippen LogP contribution in [0.15, 0.2) is 52.1 Å². The van der Waals surface area contributed by atoms with Crippen LogP contribution >= 0.6 is 35.0 Å². The minimum atomic E-state index is -0.464. The molecule has 9 heteroatoms. The number of nitrogens with one attached hydrogen (secondary N) is 1. The molecule has 5 nitrogen and oxygen atoms in total. The molecule has 1 amide bonds. The highest BCUT2D eigenvalue weighted by Gasteiger charge is 2.15. The molecule has 0 saturated carbocycles. The third kappa shape index (κ3) is 4.31. The van der Waals surface area contributed by atoms with Gasteiger partial charge < -0.3 is 9.73 Å². The number of anilines is 1. The summed E-state index contributed by atoms with van der Waals surface area (Å²) >= 11 is 13.0. The molecular weight excluding hydrogens is 388 g/mol. The summed E-state index contributed by atoms with van der Waals surface area (Å²) in [5.41, 5.74) is 0.545. The van der Waals surface area contributed by atoms with E-state index in [1.165, 1.54) is 12.1 Å². The molecule has 0 atom stereocenters. The lowest BCUT2D eigenvalue weighted by Crippen LogP contribution is -2.14. The highest BCUT2D eigenvalue weighted by Crippen LogP contribution is 2.30. The monoisotopic (exact) mass is 397 g/mol. The Bertz CT molecular complexity index is 900. The first-order chi connectivity index (χ1) is 12.0. The van der Waals surface area contributed by atoms with Gasteiger partial charge in [-0.3, -0.25) is 4.79 Å². The molecule has 0 radical (unpaired) electrons. The van der Waals surface area contributed by atoms with Crippen LogP contribution in [0.1, 0.15) is 0 Å². The Hall–Kier alpha value is -2.09. The molecule has 0 bridgehead atoms. The number of carbonyl (C=O) groups excluding carboxylic acids is 1. The Morgan fingerprint density at radius 3 is 2.56 bits per heavy atom. The summed E-state index contributed by atoms with van der Waals surface area (Å²) in [4.78, 5) is 12.0. The van der Waals surface area contributed by atoms with Gasteiger partial charge in [0, 0.05) is 0 Å². The second-order valence-corrected chi connectivity index (χ2v) is 6.53. The lowest BCUT2D eigenvalue weighted by atomic mass is 10.2. The van der Waals surface area contributed by atoms with Crippen molar-refractivity contribution >= 4 is 46.6 Å². The minimum Gasteiger partial charge on any atom is -0.411 e. The molecule has 128 valence electrons. The summed E-state index contributed by atoms with van der Waals surface area (Å²) in [6.07, 6.45) is 0. The number of para-hydroxylation sites is 1. The second-order valence-electron chi connectivity index (χ2n) is 4.79. The van der Waals surface area contributed by atoms with Gasteiger partial charge in [0.05, 0.1) is 27.0 Å². The number of nitrogens with zero attached hydrogens (tertiary/aromatic N) is 2. The zero-order valence-corrected chi connectivity index (χ0v) is 14.8. The molecule has 0 aliphatic rings. The van der Waals surface area contributed by atoms with Gasteiger partial charge in [0.2, 0.25) is 5.91 Å². The number of hydrogen-bond acceptors (Lipinski definition) is 5. The van der Waals surface area contributed by atoms with Crippen molar-refractivity contribution in [3.63, 3.8) is 0 Å². The number of rotatable bonds is 5. The minimum absolute atomic E-state index is 0.000454. The summed E-state index contributed by atoms with van der Waals surface area (Å²) < 4.78 is 19.1. The average Bonchev–Trinajstić information content (AvgIpc) is 3.06. The van der Waals surface area contributed by atoms with Gasteiger partial charge in [-0.1, -0.05) is 53.2 Å². The standard InChI is InChI=1S/C16H10Cl2FN3O2S/c17-10-5-3-6-11(18)14(10)20-13(23)8-25-16-22-21-15(24-16)9-4-1-2-7-12(9)19/h1-7H,8H2,(H,20,23). The number of carbonyl (C=O) groups is 1. The van der Waals surface area contributed by atoms with E-state index in [2.05, 4.69) is 15.5 Å². The van der Waals surface area contributed by atoms with Crippen molar-refractivity contribution in [3.05, 3.63) is 58.3 Å². The number of amides is 1. The van der Waals surface area contributed by atoms with Crippen LogP contribution < -0.4 is 5.32 Å². The van der Waals surface area contributed by atoms with E-state index in [1.54, 1.807) is 30.3 Å². The lowest BCUT2D eigenvalue weighted by molar-refractivity contribution is -0.113. The lowest BCUT2D eigenvalue weighted by Gasteiger charge is -2.08. The highest BCUT2D eigenvalue weighted by atomic mass is 35.5. The van der Waals surface area contributed by atoms with Crippen molar-refractivity contribution in [2.24, 2.45) is 0 Å².